The van der Waals surface area contributed by atoms with Crippen LogP contribution in [0.4, 0.5) is 8.78 Å². The summed E-state index contributed by atoms with van der Waals surface area (Å²) in [6.45, 7) is 0. The average Bonchev–Trinajstić information content (AvgIpc) is 2.03. The highest BCUT2D eigenvalue weighted by Crippen LogP contribution is 2.25. The third-order valence-corrected chi connectivity index (χ3v) is 1.99. The van der Waals surface area contributed by atoms with E-state index in [1.54, 1.807) is 0 Å². The van der Waals surface area contributed by atoms with Crippen LogP contribution >= 0.6 is 23.2 Å². The molecule has 1 atom stereocenters. The molecule has 0 aliphatic heterocycles. The molecule has 1 rings (SSSR count). The molecule has 72 valence electrons. The van der Waals surface area contributed by atoms with E-state index in [2.05, 4.69) is 4.98 Å². The fourth-order valence-corrected chi connectivity index (χ4v) is 1.28. The molecule has 1 aromatic heterocycles. The standard InChI is InChI=1S/C7H6Cl2F2N2/c8-4-2-1-3(6(9)13-4)5(12)7(10)11/h1-2,5,7H,12H2/t5-/m1/s1. The van der Waals surface area contributed by atoms with E-state index in [0.717, 1.165) is 0 Å². The van der Waals surface area contributed by atoms with Crippen molar-refractivity contribution in [1.29, 1.82) is 0 Å². The van der Waals surface area contributed by atoms with Crippen molar-refractivity contribution in [3.8, 4) is 0 Å². The zero-order valence-corrected chi connectivity index (χ0v) is 7.86. The van der Waals surface area contributed by atoms with Crippen molar-refractivity contribution in [3.05, 3.63) is 28.0 Å². The van der Waals surface area contributed by atoms with Crippen LogP contribution in [0.25, 0.3) is 0 Å². The summed E-state index contributed by atoms with van der Waals surface area (Å²) in [5, 5.41) is 0.0653. The van der Waals surface area contributed by atoms with Crippen LogP contribution in [0.2, 0.25) is 10.3 Å². The molecule has 0 spiro atoms. The molecule has 0 unspecified atom stereocenters. The summed E-state index contributed by atoms with van der Waals surface area (Å²) >= 11 is 11.0. The molecule has 0 bridgehead atoms. The molecule has 0 aliphatic carbocycles. The number of aromatic nitrogens is 1. The van der Waals surface area contributed by atoms with E-state index in [1.165, 1.54) is 12.1 Å². The number of nitrogens with two attached hydrogens (primary N) is 1. The van der Waals surface area contributed by atoms with Crippen LogP contribution in [0.15, 0.2) is 12.1 Å². The number of hydrogen-bond donors (Lipinski definition) is 1. The second kappa shape index (κ2) is 4.17. The number of halogens is 4. The van der Waals surface area contributed by atoms with Crippen molar-refractivity contribution in [1.82, 2.24) is 4.98 Å². The molecule has 0 amide bonds. The van der Waals surface area contributed by atoms with Gasteiger partial charge in [0.25, 0.3) is 6.43 Å². The minimum Gasteiger partial charge on any atom is -0.319 e. The van der Waals surface area contributed by atoms with Gasteiger partial charge in [0.15, 0.2) is 0 Å². The van der Waals surface area contributed by atoms with Gasteiger partial charge >= 0.3 is 0 Å². The van der Waals surface area contributed by atoms with Gasteiger partial charge in [-0.1, -0.05) is 29.3 Å². The Morgan fingerprint density at radius 3 is 2.38 bits per heavy atom. The first-order valence-corrected chi connectivity index (χ1v) is 4.13. The fraction of sp³-hybridized carbons (Fsp3) is 0.286. The maximum atomic E-state index is 12.2. The number of hydrogen-bond acceptors (Lipinski definition) is 2. The van der Waals surface area contributed by atoms with E-state index in [0.29, 0.717) is 0 Å². The lowest BCUT2D eigenvalue weighted by Crippen LogP contribution is -2.19. The molecule has 1 heterocycles. The van der Waals surface area contributed by atoms with Crippen molar-refractivity contribution in [2.24, 2.45) is 5.73 Å². The summed E-state index contributed by atoms with van der Waals surface area (Å²) in [5.74, 6) is 0. The highest BCUT2D eigenvalue weighted by molar-refractivity contribution is 6.32. The first kappa shape index (κ1) is 10.6. The summed E-state index contributed by atoms with van der Waals surface area (Å²) in [6.07, 6.45) is -2.67. The molecule has 2 N–H and O–H groups in total. The molecule has 2 nitrogen and oxygen atoms in total. The van der Waals surface area contributed by atoms with E-state index < -0.39 is 12.5 Å². The summed E-state index contributed by atoms with van der Waals surface area (Å²) in [5.41, 5.74) is 5.27. The van der Waals surface area contributed by atoms with Crippen molar-refractivity contribution in [2.45, 2.75) is 12.5 Å². The van der Waals surface area contributed by atoms with Gasteiger partial charge in [-0.05, 0) is 6.07 Å². The van der Waals surface area contributed by atoms with Gasteiger partial charge in [-0.15, -0.1) is 0 Å². The fourth-order valence-electron chi connectivity index (χ4n) is 0.807. The Morgan fingerprint density at radius 1 is 1.31 bits per heavy atom. The molecule has 0 radical (unpaired) electrons. The van der Waals surface area contributed by atoms with E-state index in [9.17, 15) is 8.78 Å². The molecule has 6 heteroatoms. The Bertz CT molecular complexity index is 307. The lowest BCUT2D eigenvalue weighted by atomic mass is 10.1. The zero-order chi connectivity index (χ0) is 10.0. The van der Waals surface area contributed by atoms with Crippen molar-refractivity contribution in [3.63, 3.8) is 0 Å². The largest absolute Gasteiger partial charge is 0.319 e. The van der Waals surface area contributed by atoms with Crippen molar-refractivity contribution in [2.75, 3.05) is 0 Å². The topological polar surface area (TPSA) is 38.9 Å². The Morgan fingerprint density at radius 2 is 1.92 bits per heavy atom. The first-order valence-electron chi connectivity index (χ1n) is 3.38. The molecule has 1 aromatic rings. The van der Waals surface area contributed by atoms with Crippen LogP contribution in [-0.4, -0.2) is 11.4 Å². The second-order valence-corrected chi connectivity index (χ2v) is 3.12. The van der Waals surface area contributed by atoms with Crippen LogP contribution in [0, 0.1) is 0 Å². The molecular weight excluding hydrogens is 221 g/mol. The average molecular weight is 227 g/mol. The Balaban J connectivity index is 3.01. The SMILES string of the molecule is N[C@H](c1ccc(Cl)nc1Cl)C(F)F. The number of alkyl halides is 2. The maximum absolute atomic E-state index is 12.2. The smallest absolute Gasteiger partial charge is 0.257 e. The van der Waals surface area contributed by atoms with E-state index in [4.69, 9.17) is 28.9 Å². The van der Waals surface area contributed by atoms with Crippen LogP contribution in [0.5, 0.6) is 0 Å². The molecule has 0 saturated heterocycles. The summed E-state index contributed by atoms with van der Waals surface area (Å²) in [7, 11) is 0. The van der Waals surface area contributed by atoms with Crippen molar-refractivity contribution >= 4 is 23.2 Å². The van der Waals surface area contributed by atoms with Crippen LogP contribution in [-0.2, 0) is 0 Å². The maximum Gasteiger partial charge on any atom is 0.257 e. The van der Waals surface area contributed by atoms with Crippen molar-refractivity contribution < 1.29 is 8.78 Å². The second-order valence-electron chi connectivity index (χ2n) is 2.37. The van der Waals surface area contributed by atoms with Crippen LogP contribution < -0.4 is 5.73 Å². The van der Waals surface area contributed by atoms with E-state index in [-0.39, 0.29) is 15.9 Å². The predicted octanol–water partition coefficient (Wildman–Crippen LogP) is 2.65. The highest BCUT2D eigenvalue weighted by atomic mass is 35.5. The predicted molar refractivity (Wildman–Crippen MR) is 47.2 cm³/mol. The molecule has 0 fully saturated rings. The van der Waals surface area contributed by atoms with Gasteiger partial charge in [0.2, 0.25) is 0 Å². The van der Waals surface area contributed by atoms with Gasteiger partial charge in [0.1, 0.15) is 10.3 Å². The summed E-state index contributed by atoms with van der Waals surface area (Å²) < 4.78 is 24.3. The number of rotatable bonds is 2. The Hall–Kier alpha value is -0.450. The number of nitrogens with zero attached hydrogens (tertiary/aromatic N) is 1. The van der Waals surface area contributed by atoms with Gasteiger partial charge < -0.3 is 5.73 Å². The van der Waals surface area contributed by atoms with Gasteiger partial charge in [-0.2, -0.15) is 0 Å². The zero-order valence-electron chi connectivity index (χ0n) is 6.35. The lowest BCUT2D eigenvalue weighted by Gasteiger charge is -2.11. The van der Waals surface area contributed by atoms with Gasteiger partial charge in [0.05, 0.1) is 6.04 Å². The Kier molecular flexibility index (Phi) is 3.41. The van der Waals surface area contributed by atoms with E-state index >= 15 is 0 Å². The quantitative estimate of drug-likeness (QED) is 0.788. The van der Waals surface area contributed by atoms with Gasteiger partial charge in [0, 0.05) is 5.56 Å². The molecule has 0 saturated carbocycles. The number of pyridine rings is 1. The molecule has 0 aromatic carbocycles. The molecule has 13 heavy (non-hydrogen) atoms. The van der Waals surface area contributed by atoms with E-state index in [1.807, 2.05) is 0 Å². The molecule has 0 aliphatic rings. The molecular formula is C7H6Cl2F2N2. The highest BCUT2D eigenvalue weighted by Gasteiger charge is 2.20. The summed E-state index contributed by atoms with van der Waals surface area (Å²) in [4.78, 5) is 3.59. The Labute approximate surface area is 83.7 Å². The monoisotopic (exact) mass is 226 g/mol. The van der Waals surface area contributed by atoms with Gasteiger partial charge in [-0.3, -0.25) is 0 Å². The third kappa shape index (κ3) is 2.49. The minimum absolute atomic E-state index is 0.0831. The van der Waals surface area contributed by atoms with Crippen LogP contribution in [0.3, 0.4) is 0 Å². The lowest BCUT2D eigenvalue weighted by molar-refractivity contribution is 0.116. The van der Waals surface area contributed by atoms with Gasteiger partial charge in [-0.25, -0.2) is 13.8 Å². The van der Waals surface area contributed by atoms with Crippen LogP contribution in [0.1, 0.15) is 11.6 Å². The normalized spacial score (nSPS) is 13.4. The first-order chi connectivity index (χ1) is 6.02. The summed E-state index contributed by atoms with van der Waals surface area (Å²) in [6, 6.07) is 1.29. The third-order valence-electron chi connectivity index (χ3n) is 1.47. The minimum atomic E-state index is -2.67.